The lowest BCUT2D eigenvalue weighted by molar-refractivity contribution is -0.178. The monoisotopic (exact) mass is 732 g/mol. The van der Waals surface area contributed by atoms with Gasteiger partial charge in [0, 0.05) is 29.7 Å². The second-order valence-corrected chi connectivity index (χ2v) is 12.5. The van der Waals surface area contributed by atoms with Gasteiger partial charge in [0.15, 0.2) is 17.6 Å². The molecule has 1 unspecified atom stereocenters. The summed E-state index contributed by atoms with van der Waals surface area (Å²) in [4.78, 5) is 55.0. The van der Waals surface area contributed by atoms with E-state index >= 15 is 0 Å². The fourth-order valence-electron chi connectivity index (χ4n) is 5.17. The molecule has 0 bridgehead atoms. The first-order valence-electron chi connectivity index (χ1n) is 16.5. The third-order valence-corrected chi connectivity index (χ3v) is 8.19. The average molecular weight is 733 g/mol. The number of aliphatic hydroxyl groups excluding tert-OH is 1. The van der Waals surface area contributed by atoms with Gasteiger partial charge in [-0.2, -0.15) is 9.78 Å². The summed E-state index contributed by atoms with van der Waals surface area (Å²) in [7, 11) is 1.21. The van der Waals surface area contributed by atoms with Crippen LogP contribution >= 0.6 is 11.6 Å². The maximum absolute atomic E-state index is 13.6. The summed E-state index contributed by atoms with van der Waals surface area (Å²) in [5.74, 6) is -3.41. The molecule has 0 aliphatic heterocycles. The van der Waals surface area contributed by atoms with Crippen molar-refractivity contribution in [3.63, 3.8) is 0 Å². The summed E-state index contributed by atoms with van der Waals surface area (Å²) in [6.07, 6.45) is 1.18. The molecule has 2 N–H and O–H groups in total. The highest BCUT2D eigenvalue weighted by Gasteiger charge is 2.29. The lowest BCUT2D eigenvalue weighted by atomic mass is 9.93. The number of nitrogens with one attached hydrogen (secondary N) is 1. The Morgan fingerprint density at radius 1 is 0.981 bits per heavy atom. The lowest BCUT2D eigenvalue weighted by Crippen LogP contribution is -2.41. The van der Waals surface area contributed by atoms with E-state index in [4.69, 9.17) is 25.8 Å². The molecule has 1 amide bonds. The van der Waals surface area contributed by atoms with Crippen molar-refractivity contribution in [1.82, 2.24) is 20.1 Å². The number of esters is 3. The second kappa shape index (κ2) is 19.2. The zero-order valence-electron chi connectivity index (χ0n) is 29.1. The quantitative estimate of drug-likeness (QED) is 0.0791. The van der Waals surface area contributed by atoms with Crippen LogP contribution in [-0.2, 0) is 35.0 Å². The van der Waals surface area contributed by atoms with Crippen LogP contribution in [0.4, 0.5) is 0 Å². The van der Waals surface area contributed by atoms with Gasteiger partial charge in [-0.05, 0) is 53.3 Å². The summed E-state index contributed by atoms with van der Waals surface area (Å²) >= 11 is 6.17. The van der Waals surface area contributed by atoms with Gasteiger partial charge in [-0.15, -0.1) is 0 Å². The van der Waals surface area contributed by atoms with E-state index < -0.39 is 48.7 Å². The van der Waals surface area contributed by atoms with E-state index in [-0.39, 0.29) is 43.4 Å². The molecule has 4 aromatic rings. The minimum Gasteiger partial charge on any atom is -0.473 e. The van der Waals surface area contributed by atoms with Gasteiger partial charge >= 0.3 is 17.9 Å². The number of carbonyl (C=O) groups is 4. The van der Waals surface area contributed by atoms with Crippen molar-refractivity contribution in [1.29, 1.82) is 0 Å². The van der Waals surface area contributed by atoms with Crippen molar-refractivity contribution in [2.45, 2.75) is 45.3 Å². The number of hydrogen-bond acceptors (Lipinski definition) is 11. The molecular weight excluding hydrogens is 692 g/mol. The molecule has 4 rings (SSSR count). The Hall–Kier alpha value is -5.53. The highest BCUT2D eigenvalue weighted by molar-refractivity contribution is 6.30. The van der Waals surface area contributed by atoms with E-state index in [1.165, 1.54) is 17.9 Å². The van der Waals surface area contributed by atoms with Gasteiger partial charge in [-0.1, -0.05) is 80.6 Å². The molecule has 52 heavy (non-hydrogen) atoms. The predicted molar refractivity (Wildman–Crippen MR) is 192 cm³/mol. The standard InChI is InChI=1S/C38H41ClN4O9/c1-5-17-50-34-22-31(42-43(34)33-11-6-7-16-40-33)36(46)41-29(18-25-12-14-26(15-13-25)27-9-8-10-28(39)19-27)20-32(44)38(48)52-23-51-37(47)30(24(2)3)21-35(45)49-4/h5-16,19,22,24,29-30,32,44H,1,17-18,20-21,23H2,2-4H3,(H,41,46)/t29-,30?,32-/m1/s1. The number of nitrogens with zero attached hydrogens (tertiary/aromatic N) is 3. The minimum atomic E-state index is -1.71. The molecule has 0 aliphatic rings. The van der Waals surface area contributed by atoms with Crippen molar-refractivity contribution < 1.29 is 43.2 Å². The fourth-order valence-corrected chi connectivity index (χ4v) is 5.36. The first-order valence-corrected chi connectivity index (χ1v) is 16.9. The summed E-state index contributed by atoms with van der Waals surface area (Å²) in [5.41, 5.74) is 2.64. The number of pyridine rings is 1. The Kier molecular flexibility index (Phi) is 14.5. The number of ether oxygens (including phenoxy) is 4. The molecule has 0 saturated heterocycles. The van der Waals surface area contributed by atoms with E-state index in [0.717, 1.165) is 16.7 Å². The summed E-state index contributed by atoms with van der Waals surface area (Å²) < 4.78 is 21.9. The molecule has 0 fully saturated rings. The molecule has 0 aliphatic carbocycles. The molecule has 0 spiro atoms. The molecular formula is C38H41ClN4O9. The zero-order chi connectivity index (χ0) is 37.6. The average Bonchev–Trinajstić information content (AvgIpc) is 3.57. The molecule has 2 aromatic heterocycles. The van der Waals surface area contributed by atoms with Crippen LogP contribution in [0.1, 0.15) is 42.7 Å². The van der Waals surface area contributed by atoms with E-state index in [1.54, 1.807) is 50.4 Å². The summed E-state index contributed by atoms with van der Waals surface area (Å²) in [6, 6.07) is 20.8. The Balaban J connectivity index is 1.49. The van der Waals surface area contributed by atoms with Crippen LogP contribution in [0.15, 0.2) is 91.6 Å². The molecule has 274 valence electrons. The van der Waals surface area contributed by atoms with E-state index in [9.17, 15) is 24.3 Å². The van der Waals surface area contributed by atoms with Crippen LogP contribution in [-0.4, -0.2) is 76.3 Å². The summed E-state index contributed by atoms with van der Waals surface area (Å²) in [5, 5.41) is 18.8. The normalized spacial score (nSPS) is 12.7. The van der Waals surface area contributed by atoms with Crippen molar-refractivity contribution in [2.75, 3.05) is 20.5 Å². The Labute approximate surface area is 306 Å². The van der Waals surface area contributed by atoms with Gasteiger partial charge in [0.2, 0.25) is 12.7 Å². The number of rotatable bonds is 18. The van der Waals surface area contributed by atoms with Gasteiger partial charge in [0.25, 0.3) is 5.91 Å². The Morgan fingerprint density at radius 3 is 2.38 bits per heavy atom. The van der Waals surface area contributed by atoms with Crippen LogP contribution < -0.4 is 10.1 Å². The first kappa shape index (κ1) is 39.3. The van der Waals surface area contributed by atoms with E-state index in [2.05, 4.69) is 26.7 Å². The second-order valence-electron chi connectivity index (χ2n) is 12.1. The molecule has 0 radical (unpaired) electrons. The van der Waals surface area contributed by atoms with E-state index in [0.29, 0.717) is 10.8 Å². The number of amides is 1. The first-order chi connectivity index (χ1) is 25.0. The number of carbonyl (C=O) groups excluding carboxylic acids is 4. The Bertz CT molecular complexity index is 1830. The third kappa shape index (κ3) is 11.2. The van der Waals surface area contributed by atoms with Crippen LogP contribution in [0.5, 0.6) is 5.88 Å². The van der Waals surface area contributed by atoms with Gasteiger partial charge in [0.05, 0.1) is 19.4 Å². The van der Waals surface area contributed by atoms with Gasteiger partial charge in [-0.3, -0.25) is 14.4 Å². The van der Waals surface area contributed by atoms with Gasteiger partial charge in [0.1, 0.15) is 6.61 Å². The topological polar surface area (TPSA) is 168 Å². The highest BCUT2D eigenvalue weighted by Crippen LogP contribution is 2.24. The molecule has 13 nitrogen and oxygen atoms in total. The van der Waals surface area contributed by atoms with Crippen LogP contribution in [0, 0.1) is 11.8 Å². The third-order valence-electron chi connectivity index (χ3n) is 7.96. The molecule has 2 aromatic carbocycles. The number of halogens is 1. The largest absolute Gasteiger partial charge is 0.473 e. The Morgan fingerprint density at radius 2 is 1.73 bits per heavy atom. The number of aliphatic hydroxyl groups is 1. The molecule has 0 saturated carbocycles. The highest BCUT2D eigenvalue weighted by atomic mass is 35.5. The minimum absolute atomic E-state index is 0.00154. The number of benzene rings is 2. The lowest BCUT2D eigenvalue weighted by Gasteiger charge is -2.21. The zero-order valence-corrected chi connectivity index (χ0v) is 29.8. The SMILES string of the molecule is C=CCOc1cc(C(=O)N[C@H](Cc2ccc(-c3cccc(Cl)c3)cc2)C[C@@H](O)C(=O)OCOC(=O)C(CC(=O)OC)C(C)C)nn1-c1ccccn1. The molecule has 2 heterocycles. The summed E-state index contributed by atoms with van der Waals surface area (Å²) in [6.45, 7) is 6.52. The smallest absolute Gasteiger partial charge is 0.337 e. The predicted octanol–water partition coefficient (Wildman–Crippen LogP) is 5.12. The van der Waals surface area contributed by atoms with E-state index in [1.807, 2.05) is 42.5 Å². The number of hydrogen-bond donors (Lipinski definition) is 2. The number of methoxy groups -OCH3 is 1. The van der Waals surface area contributed by atoms with Crippen molar-refractivity contribution >= 4 is 35.4 Å². The van der Waals surface area contributed by atoms with Gasteiger partial charge in [-0.25, -0.2) is 9.78 Å². The van der Waals surface area contributed by atoms with Crippen molar-refractivity contribution in [2.24, 2.45) is 11.8 Å². The maximum Gasteiger partial charge on any atom is 0.337 e. The molecule has 3 atom stereocenters. The number of aromatic nitrogens is 3. The van der Waals surface area contributed by atoms with Crippen LogP contribution in [0.2, 0.25) is 5.02 Å². The maximum atomic E-state index is 13.6. The van der Waals surface area contributed by atoms with Crippen LogP contribution in [0.3, 0.4) is 0 Å². The van der Waals surface area contributed by atoms with Crippen LogP contribution in [0.25, 0.3) is 16.9 Å². The van der Waals surface area contributed by atoms with Crippen molar-refractivity contribution in [3.8, 4) is 22.8 Å². The molecule has 14 heteroatoms. The fraction of sp³-hybridized carbons (Fsp3) is 0.316. The van der Waals surface area contributed by atoms with Gasteiger partial charge < -0.3 is 29.4 Å². The van der Waals surface area contributed by atoms with Crippen molar-refractivity contribution in [3.05, 3.63) is 108 Å².